The summed E-state index contributed by atoms with van der Waals surface area (Å²) in [5.41, 5.74) is 2.00. The summed E-state index contributed by atoms with van der Waals surface area (Å²) in [6.07, 6.45) is 1.03. The number of nitrogens with zero attached hydrogens (tertiary/aromatic N) is 4. The fourth-order valence-corrected chi connectivity index (χ4v) is 2.08. The quantitative estimate of drug-likeness (QED) is 0.822. The molecule has 0 bridgehead atoms. The molecule has 1 aromatic heterocycles. The first kappa shape index (κ1) is 12.1. The van der Waals surface area contributed by atoms with Crippen molar-refractivity contribution in [2.45, 2.75) is 26.3 Å². The fraction of sp³-hybridized carbons (Fsp3) is 0.357. The predicted molar refractivity (Wildman–Crippen MR) is 68.4 cm³/mol. The van der Waals surface area contributed by atoms with E-state index in [9.17, 15) is 0 Å². The number of benzene rings is 1. The third-order valence-corrected chi connectivity index (χ3v) is 3.04. The normalized spacial score (nSPS) is 11.9. The van der Waals surface area contributed by atoms with Crippen LogP contribution < -0.4 is 0 Å². The summed E-state index contributed by atoms with van der Waals surface area (Å²) in [6, 6.07) is 12.3. The highest BCUT2D eigenvalue weighted by atomic mass is 15.1. The van der Waals surface area contributed by atoms with Crippen LogP contribution in [0.1, 0.15) is 18.7 Å². The lowest BCUT2D eigenvalue weighted by Crippen LogP contribution is -2.10. The van der Waals surface area contributed by atoms with Gasteiger partial charge in [0.25, 0.3) is 0 Å². The Bertz CT molecular complexity index is 627. The molecule has 0 aliphatic heterocycles. The number of fused-ring (bicyclic) bond motifs is 1. The van der Waals surface area contributed by atoms with Crippen LogP contribution in [-0.2, 0) is 6.54 Å². The fourth-order valence-electron chi connectivity index (χ4n) is 2.08. The van der Waals surface area contributed by atoms with Crippen molar-refractivity contribution in [3.05, 3.63) is 30.1 Å². The van der Waals surface area contributed by atoms with Gasteiger partial charge in [0.1, 0.15) is 5.82 Å². The van der Waals surface area contributed by atoms with Gasteiger partial charge in [-0.1, -0.05) is 12.1 Å². The van der Waals surface area contributed by atoms with Crippen LogP contribution in [0.3, 0.4) is 0 Å². The first-order valence-corrected chi connectivity index (χ1v) is 5.94. The van der Waals surface area contributed by atoms with Gasteiger partial charge in [0.05, 0.1) is 29.1 Å². The van der Waals surface area contributed by atoms with E-state index in [1.165, 1.54) is 0 Å². The maximum atomic E-state index is 9.12. The Hall–Kier alpha value is -2.33. The van der Waals surface area contributed by atoms with Gasteiger partial charge in [0, 0.05) is 13.0 Å². The third kappa shape index (κ3) is 2.33. The summed E-state index contributed by atoms with van der Waals surface area (Å²) >= 11 is 0. The summed E-state index contributed by atoms with van der Waals surface area (Å²) in [7, 11) is 0. The second kappa shape index (κ2) is 5.33. The van der Waals surface area contributed by atoms with Crippen LogP contribution in [0, 0.1) is 35.5 Å². The van der Waals surface area contributed by atoms with Crippen LogP contribution in [0.5, 0.6) is 0 Å². The van der Waals surface area contributed by atoms with E-state index in [2.05, 4.69) is 21.7 Å². The molecule has 1 heterocycles. The molecule has 0 aliphatic carbocycles. The van der Waals surface area contributed by atoms with Crippen LogP contribution in [0.25, 0.3) is 11.0 Å². The van der Waals surface area contributed by atoms with Crippen molar-refractivity contribution < 1.29 is 0 Å². The van der Waals surface area contributed by atoms with E-state index < -0.39 is 0 Å². The zero-order chi connectivity index (χ0) is 13.0. The Kier molecular flexibility index (Phi) is 3.60. The zero-order valence-electron chi connectivity index (χ0n) is 10.3. The van der Waals surface area contributed by atoms with Gasteiger partial charge in [0.2, 0.25) is 0 Å². The number of hydrogen-bond donors (Lipinski definition) is 0. The number of imidazole rings is 1. The maximum absolute atomic E-state index is 9.12. The van der Waals surface area contributed by atoms with Crippen LogP contribution >= 0.6 is 0 Å². The molecule has 4 nitrogen and oxygen atoms in total. The molecule has 0 radical (unpaired) electrons. The molecule has 18 heavy (non-hydrogen) atoms. The van der Waals surface area contributed by atoms with Gasteiger partial charge >= 0.3 is 0 Å². The highest BCUT2D eigenvalue weighted by molar-refractivity contribution is 5.75. The Morgan fingerprint density at radius 3 is 2.83 bits per heavy atom. The molecule has 2 aromatic rings. The van der Waals surface area contributed by atoms with Gasteiger partial charge in [-0.05, 0) is 25.5 Å². The van der Waals surface area contributed by atoms with Gasteiger partial charge in [-0.2, -0.15) is 10.5 Å². The first-order valence-electron chi connectivity index (χ1n) is 5.94. The van der Waals surface area contributed by atoms with Gasteiger partial charge in [-0.25, -0.2) is 4.98 Å². The second-order valence-corrected chi connectivity index (χ2v) is 4.28. The second-order valence-electron chi connectivity index (χ2n) is 4.28. The van der Waals surface area contributed by atoms with E-state index in [0.717, 1.165) is 16.9 Å². The average molecular weight is 238 g/mol. The van der Waals surface area contributed by atoms with Crippen molar-refractivity contribution in [3.63, 3.8) is 0 Å². The average Bonchev–Trinajstić information content (AvgIpc) is 2.70. The van der Waals surface area contributed by atoms with E-state index in [4.69, 9.17) is 10.5 Å². The maximum Gasteiger partial charge on any atom is 0.106 e. The SMILES string of the molecule is Cc1nc2ccccc2n1C[C@H](C#N)CCC#N. The molecule has 4 heteroatoms. The van der Waals surface area contributed by atoms with Gasteiger partial charge in [-0.3, -0.25) is 0 Å². The molecule has 0 amide bonds. The van der Waals surface area contributed by atoms with E-state index in [-0.39, 0.29) is 5.92 Å². The molecule has 0 saturated heterocycles. The van der Waals surface area contributed by atoms with Crippen molar-refractivity contribution in [1.82, 2.24) is 9.55 Å². The molecule has 1 aromatic carbocycles. The molecule has 0 aliphatic rings. The van der Waals surface area contributed by atoms with Crippen molar-refractivity contribution in [2.75, 3.05) is 0 Å². The van der Waals surface area contributed by atoms with E-state index in [1.54, 1.807) is 0 Å². The third-order valence-electron chi connectivity index (χ3n) is 3.04. The largest absolute Gasteiger partial charge is 0.327 e. The Morgan fingerprint density at radius 2 is 2.11 bits per heavy atom. The molecule has 0 unspecified atom stereocenters. The Morgan fingerprint density at radius 1 is 1.33 bits per heavy atom. The minimum absolute atomic E-state index is 0.138. The number of para-hydroxylation sites is 2. The summed E-state index contributed by atoms with van der Waals surface area (Å²) in [5, 5.41) is 17.7. The number of hydrogen-bond acceptors (Lipinski definition) is 3. The molecule has 0 spiro atoms. The lowest BCUT2D eigenvalue weighted by atomic mass is 10.1. The van der Waals surface area contributed by atoms with Crippen LogP contribution in [-0.4, -0.2) is 9.55 Å². The van der Waals surface area contributed by atoms with Crippen molar-refractivity contribution in [3.8, 4) is 12.1 Å². The van der Waals surface area contributed by atoms with Gasteiger partial charge < -0.3 is 4.57 Å². The zero-order valence-corrected chi connectivity index (χ0v) is 10.3. The number of rotatable bonds is 4. The molecule has 1 atom stereocenters. The van der Waals surface area contributed by atoms with E-state index in [1.807, 2.05) is 31.2 Å². The van der Waals surface area contributed by atoms with E-state index >= 15 is 0 Å². The van der Waals surface area contributed by atoms with Crippen molar-refractivity contribution >= 4 is 11.0 Å². The summed E-state index contributed by atoms with van der Waals surface area (Å²) in [5.74, 6) is 0.773. The monoisotopic (exact) mass is 238 g/mol. The van der Waals surface area contributed by atoms with Gasteiger partial charge in [-0.15, -0.1) is 0 Å². The summed E-state index contributed by atoms with van der Waals surface area (Å²) in [6.45, 7) is 2.54. The van der Waals surface area contributed by atoms with E-state index in [0.29, 0.717) is 19.4 Å². The highest BCUT2D eigenvalue weighted by Gasteiger charge is 2.13. The smallest absolute Gasteiger partial charge is 0.106 e. The lowest BCUT2D eigenvalue weighted by Gasteiger charge is -2.10. The summed E-state index contributed by atoms with van der Waals surface area (Å²) in [4.78, 5) is 4.47. The summed E-state index contributed by atoms with van der Waals surface area (Å²) < 4.78 is 2.06. The molecule has 0 saturated carbocycles. The number of aromatic nitrogens is 2. The topological polar surface area (TPSA) is 65.4 Å². The Labute approximate surface area is 106 Å². The number of nitriles is 2. The van der Waals surface area contributed by atoms with Crippen LogP contribution in [0.2, 0.25) is 0 Å². The van der Waals surface area contributed by atoms with Gasteiger partial charge in [0.15, 0.2) is 0 Å². The minimum Gasteiger partial charge on any atom is -0.327 e. The standard InChI is InChI=1S/C14H14N4/c1-11-17-13-6-2-3-7-14(13)18(11)10-12(9-16)5-4-8-15/h2-3,6-7,12H,4-5,10H2,1H3/t12-/m0/s1. The van der Waals surface area contributed by atoms with Crippen molar-refractivity contribution in [2.24, 2.45) is 5.92 Å². The highest BCUT2D eigenvalue weighted by Crippen LogP contribution is 2.18. The number of aryl methyl sites for hydroxylation is 1. The lowest BCUT2D eigenvalue weighted by molar-refractivity contribution is 0.512. The Balaban J connectivity index is 2.28. The molecule has 0 fully saturated rings. The molecule has 0 N–H and O–H groups in total. The molecular formula is C14H14N4. The minimum atomic E-state index is -0.138. The molecule has 90 valence electrons. The first-order chi connectivity index (χ1) is 8.76. The van der Waals surface area contributed by atoms with Crippen LogP contribution in [0.4, 0.5) is 0 Å². The van der Waals surface area contributed by atoms with Crippen LogP contribution in [0.15, 0.2) is 24.3 Å². The molecule has 2 rings (SSSR count). The van der Waals surface area contributed by atoms with Crippen molar-refractivity contribution in [1.29, 1.82) is 10.5 Å². The predicted octanol–water partition coefficient (Wildman–Crippen LogP) is 2.79. The molecular weight excluding hydrogens is 224 g/mol.